The second-order valence-corrected chi connectivity index (χ2v) is 5.66. The molecule has 0 bridgehead atoms. The van der Waals surface area contributed by atoms with E-state index in [2.05, 4.69) is 0 Å². The van der Waals surface area contributed by atoms with Crippen LogP contribution in [0.15, 0.2) is 18.2 Å². The van der Waals surface area contributed by atoms with Gasteiger partial charge in [0.05, 0.1) is 0 Å². The average molecular weight is 310 g/mol. The van der Waals surface area contributed by atoms with Gasteiger partial charge in [0.25, 0.3) is 0 Å². The lowest BCUT2D eigenvalue weighted by Crippen LogP contribution is -2.41. The van der Waals surface area contributed by atoms with Crippen LogP contribution in [0.25, 0.3) is 0 Å². The largest absolute Gasteiger partial charge is 0.369 e. The molecule has 0 aromatic heterocycles. The highest BCUT2D eigenvalue weighted by Crippen LogP contribution is 2.18. The number of amides is 2. The molecule has 1 aromatic carbocycles. The Morgan fingerprint density at radius 3 is 2.45 bits per heavy atom. The predicted molar refractivity (Wildman–Crippen MR) is 77.8 cm³/mol. The molecule has 6 heteroatoms. The zero-order valence-electron chi connectivity index (χ0n) is 12.4. The monoisotopic (exact) mass is 310 g/mol. The number of nitrogens with two attached hydrogens (primary N) is 1. The molecule has 1 saturated heterocycles. The molecule has 120 valence electrons. The molecule has 0 saturated carbocycles. The molecule has 2 amide bonds. The number of carbonyl (C=O) groups excluding carboxylic acids is 2. The highest BCUT2D eigenvalue weighted by atomic mass is 19.2. The summed E-state index contributed by atoms with van der Waals surface area (Å²) in [5.41, 5.74) is 5.94. The van der Waals surface area contributed by atoms with Crippen LogP contribution in [0.4, 0.5) is 8.78 Å². The molecule has 2 N–H and O–H groups in total. The van der Waals surface area contributed by atoms with Gasteiger partial charge in [0.2, 0.25) is 11.8 Å². The van der Waals surface area contributed by atoms with E-state index in [1.807, 2.05) is 0 Å². The fraction of sp³-hybridized carbons (Fsp3) is 0.500. The summed E-state index contributed by atoms with van der Waals surface area (Å²) in [6.07, 6.45) is 2.70. The number of nitrogens with zero attached hydrogens (tertiary/aromatic N) is 1. The molecule has 1 heterocycles. The van der Waals surface area contributed by atoms with Crippen molar-refractivity contribution in [2.75, 3.05) is 13.1 Å². The van der Waals surface area contributed by atoms with Gasteiger partial charge in [0, 0.05) is 25.4 Å². The summed E-state index contributed by atoms with van der Waals surface area (Å²) >= 11 is 0. The predicted octanol–water partition coefficient (Wildman–Crippen LogP) is 2.01. The first-order valence-corrected chi connectivity index (χ1v) is 7.48. The van der Waals surface area contributed by atoms with Gasteiger partial charge >= 0.3 is 0 Å². The second kappa shape index (κ2) is 7.33. The van der Waals surface area contributed by atoms with Gasteiger partial charge in [-0.25, -0.2) is 8.78 Å². The van der Waals surface area contributed by atoms with Crippen LogP contribution in [-0.4, -0.2) is 29.8 Å². The summed E-state index contributed by atoms with van der Waals surface area (Å²) in [5.74, 6) is -2.13. The Kier molecular flexibility index (Phi) is 5.46. The molecule has 0 unspecified atom stereocenters. The van der Waals surface area contributed by atoms with Crippen LogP contribution in [0.2, 0.25) is 0 Å². The van der Waals surface area contributed by atoms with Gasteiger partial charge < -0.3 is 10.6 Å². The first-order chi connectivity index (χ1) is 10.5. The van der Waals surface area contributed by atoms with Gasteiger partial charge in [-0.15, -0.1) is 0 Å². The topological polar surface area (TPSA) is 63.4 Å². The highest BCUT2D eigenvalue weighted by Gasteiger charge is 2.25. The van der Waals surface area contributed by atoms with Gasteiger partial charge in [-0.3, -0.25) is 9.59 Å². The molecule has 1 aliphatic rings. The summed E-state index contributed by atoms with van der Waals surface area (Å²) in [6.45, 7) is 1.11. The van der Waals surface area contributed by atoms with Crippen molar-refractivity contribution >= 4 is 11.8 Å². The molecule has 0 spiro atoms. The molecule has 22 heavy (non-hydrogen) atoms. The van der Waals surface area contributed by atoms with Crippen molar-refractivity contribution in [1.82, 2.24) is 4.90 Å². The minimum atomic E-state index is -0.864. The van der Waals surface area contributed by atoms with E-state index in [1.54, 1.807) is 4.90 Å². The number of likely N-dealkylation sites (tertiary alicyclic amines) is 1. The number of halogens is 2. The van der Waals surface area contributed by atoms with Crippen molar-refractivity contribution in [3.05, 3.63) is 35.4 Å². The third kappa shape index (κ3) is 4.26. The van der Waals surface area contributed by atoms with E-state index in [4.69, 9.17) is 5.73 Å². The Labute approximate surface area is 128 Å². The van der Waals surface area contributed by atoms with Crippen molar-refractivity contribution in [3.63, 3.8) is 0 Å². The van der Waals surface area contributed by atoms with Crippen LogP contribution in [-0.2, 0) is 16.0 Å². The van der Waals surface area contributed by atoms with Gasteiger partial charge in [0.15, 0.2) is 11.6 Å². The van der Waals surface area contributed by atoms with Gasteiger partial charge in [-0.05, 0) is 43.4 Å². The molecule has 0 radical (unpaired) electrons. The Balaban J connectivity index is 1.74. The first kappa shape index (κ1) is 16.4. The fourth-order valence-electron chi connectivity index (χ4n) is 2.71. The first-order valence-electron chi connectivity index (χ1n) is 7.48. The zero-order valence-corrected chi connectivity index (χ0v) is 12.4. The number of piperidine rings is 1. The summed E-state index contributed by atoms with van der Waals surface area (Å²) < 4.78 is 25.9. The zero-order chi connectivity index (χ0) is 16.1. The lowest BCUT2D eigenvalue weighted by molar-refractivity contribution is -0.134. The third-order valence-electron chi connectivity index (χ3n) is 4.09. The van der Waals surface area contributed by atoms with Crippen LogP contribution < -0.4 is 5.73 Å². The summed E-state index contributed by atoms with van der Waals surface area (Å²) in [5, 5.41) is 0. The molecular weight excluding hydrogens is 290 g/mol. The maximum Gasteiger partial charge on any atom is 0.222 e. The minimum Gasteiger partial charge on any atom is -0.369 e. The van der Waals surface area contributed by atoms with Gasteiger partial charge in [-0.1, -0.05) is 6.07 Å². The fourth-order valence-corrected chi connectivity index (χ4v) is 2.71. The minimum absolute atomic E-state index is 0.0329. The standard InChI is InChI=1S/C16H20F2N2O2/c17-13-5-4-11(10-14(13)18)2-1-3-15(21)20-8-6-12(7-9-20)16(19)22/h4-5,10,12H,1-3,6-9H2,(H2,19,22). The van der Waals surface area contributed by atoms with Crippen molar-refractivity contribution in [2.24, 2.45) is 11.7 Å². The molecule has 4 nitrogen and oxygen atoms in total. The molecule has 0 aliphatic carbocycles. The third-order valence-corrected chi connectivity index (χ3v) is 4.09. The van der Waals surface area contributed by atoms with Crippen LogP contribution in [0.1, 0.15) is 31.2 Å². The highest BCUT2D eigenvalue weighted by molar-refractivity contribution is 5.78. The van der Waals surface area contributed by atoms with Crippen LogP contribution >= 0.6 is 0 Å². The molecule has 0 atom stereocenters. The summed E-state index contributed by atoms with van der Waals surface area (Å²) in [4.78, 5) is 24.9. The van der Waals surface area contributed by atoms with Crippen molar-refractivity contribution < 1.29 is 18.4 Å². The number of rotatable bonds is 5. The number of primary amides is 1. The Bertz CT molecular complexity index is 555. The van der Waals surface area contributed by atoms with E-state index in [-0.39, 0.29) is 17.7 Å². The summed E-state index contributed by atoms with van der Waals surface area (Å²) in [7, 11) is 0. The number of hydrogen-bond acceptors (Lipinski definition) is 2. The van der Waals surface area contributed by atoms with Crippen LogP contribution in [0.3, 0.4) is 0 Å². The van der Waals surface area contributed by atoms with E-state index in [0.717, 1.165) is 12.1 Å². The molecule has 1 aromatic rings. The SMILES string of the molecule is NC(=O)C1CCN(C(=O)CCCc2ccc(F)c(F)c2)CC1. The van der Waals surface area contributed by atoms with Crippen molar-refractivity contribution in [1.29, 1.82) is 0 Å². The van der Waals surface area contributed by atoms with E-state index in [1.165, 1.54) is 6.07 Å². The van der Waals surface area contributed by atoms with E-state index >= 15 is 0 Å². The van der Waals surface area contributed by atoms with Crippen molar-refractivity contribution in [3.8, 4) is 0 Å². The second-order valence-electron chi connectivity index (χ2n) is 5.66. The number of aryl methyl sites for hydroxylation is 1. The smallest absolute Gasteiger partial charge is 0.222 e. The van der Waals surface area contributed by atoms with Crippen molar-refractivity contribution in [2.45, 2.75) is 32.1 Å². The van der Waals surface area contributed by atoms with E-state index < -0.39 is 11.6 Å². The van der Waals surface area contributed by atoms with E-state index in [0.29, 0.717) is 50.8 Å². The molecule has 1 aliphatic heterocycles. The normalized spacial score (nSPS) is 15.8. The van der Waals surface area contributed by atoms with Crippen LogP contribution in [0, 0.1) is 17.6 Å². The number of hydrogen-bond donors (Lipinski definition) is 1. The summed E-state index contributed by atoms with van der Waals surface area (Å²) in [6, 6.07) is 3.79. The Hall–Kier alpha value is -1.98. The lowest BCUT2D eigenvalue weighted by Gasteiger charge is -2.30. The number of carbonyl (C=O) groups is 2. The lowest BCUT2D eigenvalue weighted by atomic mass is 9.96. The molecule has 2 rings (SSSR count). The Morgan fingerprint density at radius 2 is 1.86 bits per heavy atom. The quantitative estimate of drug-likeness (QED) is 0.904. The van der Waals surface area contributed by atoms with Gasteiger partial charge in [-0.2, -0.15) is 0 Å². The maximum atomic E-state index is 13.1. The average Bonchev–Trinajstić information content (AvgIpc) is 2.51. The number of benzene rings is 1. The molecule has 1 fully saturated rings. The Morgan fingerprint density at radius 1 is 1.18 bits per heavy atom. The molecular formula is C16H20F2N2O2. The maximum absolute atomic E-state index is 13.1. The van der Waals surface area contributed by atoms with Crippen LogP contribution in [0.5, 0.6) is 0 Å². The van der Waals surface area contributed by atoms with E-state index in [9.17, 15) is 18.4 Å². The van der Waals surface area contributed by atoms with Gasteiger partial charge in [0.1, 0.15) is 0 Å².